The van der Waals surface area contributed by atoms with Crippen molar-refractivity contribution >= 4 is 46.2 Å². The van der Waals surface area contributed by atoms with Crippen LogP contribution in [0.15, 0.2) is 41.0 Å². The molecule has 3 amide bonds. The van der Waals surface area contributed by atoms with Gasteiger partial charge in [-0.05, 0) is 29.3 Å². The Kier molecular flexibility index (Phi) is 5.02. The van der Waals surface area contributed by atoms with Crippen LogP contribution in [0.1, 0.15) is 15.4 Å². The van der Waals surface area contributed by atoms with Crippen LogP contribution < -0.4 is 5.32 Å². The van der Waals surface area contributed by atoms with E-state index in [1.54, 1.807) is 6.08 Å². The van der Waals surface area contributed by atoms with Crippen LogP contribution in [0.5, 0.6) is 0 Å². The van der Waals surface area contributed by atoms with Crippen molar-refractivity contribution in [1.82, 2.24) is 20.2 Å². The fourth-order valence-corrected chi connectivity index (χ4v) is 3.57. The number of thiophene rings is 1. The molecule has 1 aliphatic heterocycles. The number of carbonyl (C=O) groups excluding carboxylic acids is 3. The molecule has 0 aliphatic carbocycles. The number of carbonyl (C=O) groups is 3. The molecule has 9 heteroatoms. The number of thioether (sulfide) groups is 1. The molecule has 1 fully saturated rings. The van der Waals surface area contributed by atoms with Crippen molar-refractivity contribution in [3.8, 4) is 0 Å². The largest absolute Gasteiger partial charge is 0.349 e. The van der Waals surface area contributed by atoms with Crippen LogP contribution in [0.4, 0.5) is 4.79 Å². The molecule has 24 heavy (non-hydrogen) atoms. The summed E-state index contributed by atoms with van der Waals surface area (Å²) in [5.41, 5.74) is 0.184. The Morgan fingerprint density at radius 1 is 1.33 bits per heavy atom. The van der Waals surface area contributed by atoms with Crippen LogP contribution in [0.25, 0.3) is 6.08 Å². The zero-order chi connectivity index (χ0) is 16.9. The molecular formula is C15H12N4O3S2. The van der Waals surface area contributed by atoms with Crippen molar-refractivity contribution < 1.29 is 14.4 Å². The van der Waals surface area contributed by atoms with E-state index in [1.165, 1.54) is 29.9 Å². The molecule has 7 nitrogen and oxygen atoms in total. The van der Waals surface area contributed by atoms with E-state index in [-0.39, 0.29) is 29.9 Å². The maximum atomic E-state index is 12.3. The molecule has 3 rings (SSSR count). The number of hydrogen-bond acceptors (Lipinski definition) is 7. The zero-order valence-corrected chi connectivity index (χ0v) is 14.0. The van der Waals surface area contributed by atoms with Crippen molar-refractivity contribution in [2.24, 2.45) is 0 Å². The highest BCUT2D eigenvalue weighted by molar-refractivity contribution is 8.18. The van der Waals surface area contributed by atoms with E-state index >= 15 is 0 Å². The zero-order valence-electron chi connectivity index (χ0n) is 12.3. The number of hydrogen-bond donors (Lipinski definition) is 1. The first-order valence-electron chi connectivity index (χ1n) is 6.98. The van der Waals surface area contributed by atoms with Gasteiger partial charge in [-0.1, -0.05) is 6.07 Å². The number of nitrogens with one attached hydrogen (secondary N) is 1. The van der Waals surface area contributed by atoms with E-state index in [4.69, 9.17) is 0 Å². The summed E-state index contributed by atoms with van der Waals surface area (Å²) in [7, 11) is 0. The number of nitrogens with zero attached hydrogens (tertiary/aromatic N) is 3. The summed E-state index contributed by atoms with van der Waals surface area (Å²) in [5, 5.41) is 4.18. The van der Waals surface area contributed by atoms with Gasteiger partial charge >= 0.3 is 0 Å². The van der Waals surface area contributed by atoms with E-state index < -0.39 is 5.91 Å². The minimum absolute atomic E-state index is 0.110. The van der Waals surface area contributed by atoms with Crippen molar-refractivity contribution in [3.05, 3.63) is 51.6 Å². The van der Waals surface area contributed by atoms with Crippen LogP contribution in [0.3, 0.4) is 0 Å². The maximum Gasteiger partial charge on any atom is 0.293 e. The van der Waals surface area contributed by atoms with Gasteiger partial charge in [0.25, 0.3) is 17.1 Å². The average molecular weight is 360 g/mol. The Balaban J connectivity index is 1.57. The Morgan fingerprint density at radius 3 is 2.92 bits per heavy atom. The van der Waals surface area contributed by atoms with E-state index in [0.717, 1.165) is 21.5 Å². The Labute approximate surface area is 145 Å². The third kappa shape index (κ3) is 3.69. The molecule has 0 atom stereocenters. The predicted octanol–water partition coefficient (Wildman–Crippen LogP) is 2.00. The van der Waals surface area contributed by atoms with Gasteiger partial charge in [0.2, 0.25) is 0 Å². The van der Waals surface area contributed by atoms with E-state index in [9.17, 15) is 14.4 Å². The lowest BCUT2D eigenvalue weighted by molar-refractivity contribution is -0.122. The molecule has 0 bridgehead atoms. The highest BCUT2D eigenvalue weighted by Crippen LogP contribution is 2.32. The highest BCUT2D eigenvalue weighted by Gasteiger charge is 2.34. The molecule has 0 saturated carbocycles. The van der Waals surface area contributed by atoms with Gasteiger partial charge in [0.1, 0.15) is 5.69 Å². The predicted molar refractivity (Wildman–Crippen MR) is 91.4 cm³/mol. The lowest BCUT2D eigenvalue weighted by Crippen LogP contribution is -2.37. The molecule has 1 N–H and O–H groups in total. The van der Waals surface area contributed by atoms with Gasteiger partial charge in [-0.3, -0.25) is 24.3 Å². The van der Waals surface area contributed by atoms with Gasteiger partial charge in [0.15, 0.2) is 0 Å². The summed E-state index contributed by atoms with van der Waals surface area (Å²) in [6.07, 6.45) is 5.94. The summed E-state index contributed by atoms with van der Waals surface area (Å²) < 4.78 is 0. The standard InChI is InChI=1S/C15H12N4O3S2/c20-13(11-9-16-3-4-17-11)18-5-6-19-14(21)12(24-15(19)22)8-10-2-1-7-23-10/h1-4,7-9H,5-6H2,(H,18,20). The molecule has 0 spiro atoms. The van der Waals surface area contributed by atoms with E-state index in [2.05, 4.69) is 15.3 Å². The summed E-state index contributed by atoms with van der Waals surface area (Å²) in [4.78, 5) is 46.2. The topological polar surface area (TPSA) is 92.3 Å². The lowest BCUT2D eigenvalue weighted by atomic mass is 10.3. The first-order valence-corrected chi connectivity index (χ1v) is 8.68. The molecule has 1 aliphatic rings. The second-order valence-corrected chi connectivity index (χ2v) is 6.67. The monoisotopic (exact) mass is 360 g/mol. The number of imide groups is 1. The molecular weight excluding hydrogens is 348 g/mol. The van der Waals surface area contributed by atoms with Crippen LogP contribution in [-0.2, 0) is 4.79 Å². The van der Waals surface area contributed by atoms with Crippen LogP contribution in [0.2, 0.25) is 0 Å². The summed E-state index contributed by atoms with van der Waals surface area (Å²) in [5.74, 6) is -0.739. The van der Waals surface area contributed by atoms with Gasteiger partial charge in [-0.2, -0.15) is 0 Å². The Morgan fingerprint density at radius 2 is 2.21 bits per heavy atom. The molecule has 122 valence electrons. The molecule has 1 saturated heterocycles. The van der Waals surface area contributed by atoms with Crippen molar-refractivity contribution in [2.45, 2.75) is 0 Å². The highest BCUT2D eigenvalue weighted by atomic mass is 32.2. The van der Waals surface area contributed by atoms with E-state index in [0.29, 0.717) is 4.91 Å². The SMILES string of the molecule is O=C(NCCN1C(=O)SC(=Cc2cccs2)C1=O)c1cnccn1. The summed E-state index contributed by atoms with van der Waals surface area (Å²) >= 11 is 2.40. The third-order valence-corrected chi connectivity index (χ3v) is 4.83. The Bertz CT molecular complexity index is 790. The molecule has 0 aromatic carbocycles. The molecule has 2 aromatic rings. The quantitative estimate of drug-likeness (QED) is 0.820. The normalized spacial score (nSPS) is 16.0. The minimum atomic E-state index is -0.399. The summed E-state index contributed by atoms with van der Waals surface area (Å²) in [6, 6.07) is 3.75. The maximum absolute atomic E-state index is 12.3. The number of aromatic nitrogens is 2. The van der Waals surface area contributed by atoms with Crippen LogP contribution in [-0.4, -0.2) is 45.0 Å². The Hall–Kier alpha value is -2.52. The van der Waals surface area contributed by atoms with E-state index in [1.807, 2.05) is 17.5 Å². The number of rotatable bonds is 5. The summed E-state index contributed by atoms with van der Waals surface area (Å²) in [6.45, 7) is 0.262. The fourth-order valence-electron chi connectivity index (χ4n) is 1.98. The molecule has 0 radical (unpaired) electrons. The molecule has 2 aromatic heterocycles. The fraction of sp³-hybridized carbons (Fsp3) is 0.133. The molecule has 3 heterocycles. The van der Waals surface area contributed by atoms with Gasteiger partial charge in [0, 0.05) is 30.4 Å². The average Bonchev–Trinajstić information content (AvgIpc) is 3.19. The van der Waals surface area contributed by atoms with Crippen LogP contribution in [0, 0.1) is 0 Å². The third-order valence-electron chi connectivity index (χ3n) is 3.11. The smallest absolute Gasteiger partial charge is 0.293 e. The van der Waals surface area contributed by atoms with Crippen LogP contribution >= 0.6 is 23.1 Å². The van der Waals surface area contributed by atoms with Gasteiger partial charge in [-0.25, -0.2) is 4.98 Å². The van der Waals surface area contributed by atoms with Crippen molar-refractivity contribution in [3.63, 3.8) is 0 Å². The first-order chi connectivity index (χ1) is 11.6. The lowest BCUT2D eigenvalue weighted by Gasteiger charge is -2.12. The van der Waals surface area contributed by atoms with Crippen molar-refractivity contribution in [2.75, 3.05) is 13.1 Å². The molecule has 0 unspecified atom stereocenters. The van der Waals surface area contributed by atoms with Crippen molar-refractivity contribution in [1.29, 1.82) is 0 Å². The second kappa shape index (κ2) is 7.37. The van der Waals surface area contributed by atoms with Gasteiger partial charge in [-0.15, -0.1) is 11.3 Å². The van der Waals surface area contributed by atoms with Gasteiger partial charge < -0.3 is 5.32 Å². The second-order valence-electron chi connectivity index (χ2n) is 4.70. The van der Waals surface area contributed by atoms with Gasteiger partial charge in [0.05, 0.1) is 11.1 Å². The minimum Gasteiger partial charge on any atom is -0.349 e. The first kappa shape index (κ1) is 16.3. The number of amides is 3.